The lowest BCUT2D eigenvalue weighted by molar-refractivity contribution is -0.903. The number of phenolic OH excluding ortho intramolecular Hbond substituents is 1. The quantitative estimate of drug-likeness (QED) is 0.780. The van der Waals surface area contributed by atoms with Crippen molar-refractivity contribution in [2.75, 3.05) is 32.7 Å². The summed E-state index contributed by atoms with van der Waals surface area (Å²) >= 11 is 1.41. The van der Waals surface area contributed by atoms with Gasteiger partial charge in [0.15, 0.2) is 5.17 Å². The molecular weight excluding hydrogens is 324 g/mol. The molecule has 0 radical (unpaired) electrons. The van der Waals surface area contributed by atoms with Gasteiger partial charge in [0.25, 0.3) is 5.91 Å². The van der Waals surface area contributed by atoms with E-state index in [0.717, 1.165) is 43.5 Å². The molecule has 1 aromatic carbocycles. The van der Waals surface area contributed by atoms with E-state index >= 15 is 0 Å². The Labute approximate surface area is 145 Å². The molecule has 124 valence electrons. The van der Waals surface area contributed by atoms with Crippen LogP contribution in [-0.2, 0) is 4.79 Å². The Morgan fingerprint density at radius 3 is 2.71 bits per heavy atom. The Balaban J connectivity index is 1.60. The lowest BCUT2D eigenvalue weighted by atomic mass is 10.2. The standard InChI is InChI=1S/C17H18N4O2S/c18-6-1-7-20-8-10-21(11-9-20)17-19-16(23)15(24-17)12-13-2-4-14(22)5-3-13/h2-5,12,22H,1,7-11H2/p+1/b15-12-. The summed E-state index contributed by atoms with van der Waals surface area (Å²) in [5.74, 6) is -0.00130. The van der Waals surface area contributed by atoms with Crippen molar-refractivity contribution < 1.29 is 14.8 Å². The number of rotatable bonds is 3. The van der Waals surface area contributed by atoms with Crippen molar-refractivity contribution in [3.05, 3.63) is 34.7 Å². The predicted octanol–water partition coefficient (Wildman–Crippen LogP) is 0.477. The zero-order chi connectivity index (χ0) is 16.9. The van der Waals surface area contributed by atoms with Gasteiger partial charge in [-0.2, -0.15) is 10.3 Å². The maximum atomic E-state index is 12.1. The number of quaternary nitrogens is 1. The Morgan fingerprint density at radius 1 is 1.33 bits per heavy atom. The fourth-order valence-electron chi connectivity index (χ4n) is 2.75. The van der Waals surface area contributed by atoms with E-state index in [1.54, 1.807) is 30.3 Å². The number of nitriles is 1. The Hall–Kier alpha value is -2.30. The molecular formula is C17H19N4O2S+. The minimum absolute atomic E-state index is 0.205. The van der Waals surface area contributed by atoms with Gasteiger partial charge in [-0.15, -0.1) is 0 Å². The van der Waals surface area contributed by atoms with Gasteiger partial charge in [0.1, 0.15) is 5.75 Å². The van der Waals surface area contributed by atoms with E-state index in [2.05, 4.69) is 16.0 Å². The molecule has 1 fully saturated rings. The van der Waals surface area contributed by atoms with Crippen molar-refractivity contribution in [1.29, 1.82) is 5.26 Å². The topological polar surface area (TPSA) is 81.1 Å². The first-order valence-corrected chi connectivity index (χ1v) is 8.74. The number of nitrogens with zero attached hydrogens (tertiary/aromatic N) is 3. The third kappa shape index (κ3) is 3.96. The maximum Gasteiger partial charge on any atom is 0.286 e. The molecule has 24 heavy (non-hydrogen) atoms. The van der Waals surface area contributed by atoms with E-state index in [1.807, 2.05) is 0 Å². The zero-order valence-electron chi connectivity index (χ0n) is 13.2. The molecule has 2 heterocycles. The monoisotopic (exact) mass is 343 g/mol. The van der Waals surface area contributed by atoms with E-state index in [1.165, 1.54) is 16.7 Å². The summed E-state index contributed by atoms with van der Waals surface area (Å²) in [6, 6.07) is 8.93. The molecule has 3 rings (SSSR count). The fraction of sp³-hybridized carbons (Fsp3) is 0.353. The highest BCUT2D eigenvalue weighted by Gasteiger charge is 2.29. The third-order valence-electron chi connectivity index (χ3n) is 4.13. The van der Waals surface area contributed by atoms with Crippen LogP contribution >= 0.6 is 11.8 Å². The summed E-state index contributed by atoms with van der Waals surface area (Å²) < 4.78 is 0. The first-order valence-electron chi connectivity index (χ1n) is 7.93. The predicted molar refractivity (Wildman–Crippen MR) is 93.5 cm³/mol. The van der Waals surface area contributed by atoms with Gasteiger partial charge in [-0.25, -0.2) is 0 Å². The number of aliphatic imine (C=N–C) groups is 1. The number of benzene rings is 1. The summed E-state index contributed by atoms with van der Waals surface area (Å²) in [7, 11) is 0. The van der Waals surface area contributed by atoms with Crippen LogP contribution in [0.25, 0.3) is 6.08 Å². The molecule has 2 N–H and O–H groups in total. The molecule has 0 atom stereocenters. The number of hydrogen-bond donors (Lipinski definition) is 2. The van der Waals surface area contributed by atoms with Gasteiger partial charge in [0, 0.05) is 0 Å². The molecule has 7 heteroatoms. The van der Waals surface area contributed by atoms with Crippen molar-refractivity contribution in [3.63, 3.8) is 0 Å². The number of piperazine rings is 1. The van der Waals surface area contributed by atoms with Gasteiger partial charge in [-0.1, -0.05) is 12.1 Å². The number of hydrogen-bond acceptors (Lipinski definition) is 5. The Morgan fingerprint density at radius 2 is 2.04 bits per heavy atom. The number of thioether (sulfide) groups is 1. The fourth-order valence-corrected chi connectivity index (χ4v) is 3.72. The van der Waals surface area contributed by atoms with Gasteiger partial charge < -0.3 is 14.9 Å². The summed E-state index contributed by atoms with van der Waals surface area (Å²) in [5, 5.41) is 18.7. The first kappa shape index (κ1) is 16.6. The number of aromatic hydroxyl groups is 1. The van der Waals surface area contributed by atoms with Crippen molar-refractivity contribution in [3.8, 4) is 11.8 Å². The smallest absolute Gasteiger partial charge is 0.286 e. The number of amides is 1. The van der Waals surface area contributed by atoms with E-state index in [-0.39, 0.29) is 11.7 Å². The average molecular weight is 343 g/mol. The Bertz CT molecular complexity index is 713. The number of phenols is 1. The largest absolute Gasteiger partial charge is 0.508 e. The SMILES string of the molecule is N#CCC[NH+]1CCN(C2=NC(=O)/C(=C/c3ccc(O)cc3)S2)CC1. The van der Waals surface area contributed by atoms with Gasteiger partial charge in [-0.3, -0.25) is 4.79 Å². The minimum atomic E-state index is -0.206. The molecule has 1 saturated heterocycles. The maximum absolute atomic E-state index is 12.1. The number of nitrogens with one attached hydrogen (secondary N) is 1. The summed E-state index contributed by atoms with van der Waals surface area (Å²) in [5.41, 5.74) is 0.867. The van der Waals surface area contributed by atoms with Crippen molar-refractivity contribution >= 4 is 28.9 Å². The average Bonchev–Trinajstić information content (AvgIpc) is 2.96. The Kier molecular flexibility index (Phi) is 5.18. The molecule has 0 aromatic heterocycles. The lowest BCUT2D eigenvalue weighted by Crippen LogP contribution is -3.14. The molecule has 1 aromatic rings. The highest BCUT2D eigenvalue weighted by molar-refractivity contribution is 8.18. The zero-order valence-corrected chi connectivity index (χ0v) is 14.1. The summed E-state index contributed by atoms with van der Waals surface area (Å²) in [4.78, 5) is 20.5. The second-order valence-electron chi connectivity index (χ2n) is 5.80. The normalized spacial score (nSPS) is 20.3. The van der Waals surface area contributed by atoms with Crippen LogP contribution in [0.15, 0.2) is 34.2 Å². The van der Waals surface area contributed by atoms with Crippen molar-refractivity contribution in [2.24, 2.45) is 4.99 Å². The van der Waals surface area contributed by atoms with Crippen LogP contribution in [-0.4, -0.2) is 53.8 Å². The molecule has 1 amide bonds. The molecule has 0 unspecified atom stereocenters. The second kappa shape index (κ2) is 7.51. The van der Waals surface area contributed by atoms with E-state index in [4.69, 9.17) is 5.26 Å². The first-order chi connectivity index (χ1) is 11.7. The van der Waals surface area contributed by atoms with Crippen LogP contribution in [0.3, 0.4) is 0 Å². The van der Waals surface area contributed by atoms with Crippen LogP contribution in [0.1, 0.15) is 12.0 Å². The minimum Gasteiger partial charge on any atom is -0.508 e. The van der Waals surface area contributed by atoms with E-state index < -0.39 is 0 Å². The second-order valence-corrected chi connectivity index (χ2v) is 6.81. The molecule has 0 spiro atoms. The number of carbonyl (C=O) groups is 1. The molecule has 6 nitrogen and oxygen atoms in total. The molecule has 2 aliphatic rings. The van der Waals surface area contributed by atoms with Crippen LogP contribution in [0.4, 0.5) is 0 Å². The van der Waals surface area contributed by atoms with Gasteiger partial charge in [-0.05, 0) is 35.5 Å². The van der Waals surface area contributed by atoms with Crippen LogP contribution < -0.4 is 4.90 Å². The van der Waals surface area contributed by atoms with Crippen molar-refractivity contribution in [1.82, 2.24) is 4.90 Å². The summed E-state index contributed by atoms with van der Waals surface area (Å²) in [6.45, 7) is 4.52. The van der Waals surface area contributed by atoms with Gasteiger partial charge in [0.2, 0.25) is 0 Å². The van der Waals surface area contributed by atoms with Gasteiger partial charge in [0.05, 0.1) is 50.1 Å². The number of amidine groups is 1. The van der Waals surface area contributed by atoms with Crippen LogP contribution in [0.2, 0.25) is 0 Å². The summed E-state index contributed by atoms with van der Waals surface area (Å²) in [6.07, 6.45) is 2.39. The van der Waals surface area contributed by atoms with Crippen molar-refractivity contribution in [2.45, 2.75) is 6.42 Å². The van der Waals surface area contributed by atoms with Crippen LogP contribution in [0, 0.1) is 11.3 Å². The molecule has 0 saturated carbocycles. The molecule has 0 aliphatic carbocycles. The molecule has 0 bridgehead atoms. The van der Waals surface area contributed by atoms with Gasteiger partial charge >= 0.3 is 0 Å². The van der Waals surface area contributed by atoms with E-state index in [0.29, 0.717) is 11.3 Å². The highest BCUT2D eigenvalue weighted by atomic mass is 32.2. The highest BCUT2D eigenvalue weighted by Crippen LogP contribution is 2.30. The lowest BCUT2D eigenvalue weighted by Gasteiger charge is -2.32. The third-order valence-corrected chi connectivity index (χ3v) is 5.18. The van der Waals surface area contributed by atoms with Crippen LogP contribution in [0.5, 0.6) is 5.75 Å². The molecule has 2 aliphatic heterocycles. The number of carbonyl (C=O) groups excluding carboxylic acids is 1. The van der Waals surface area contributed by atoms with E-state index in [9.17, 15) is 9.90 Å².